The number of benzene rings is 2. The molecule has 0 bridgehead atoms. The molecule has 1 aromatic heterocycles. The van der Waals surface area contributed by atoms with E-state index < -0.39 is 6.04 Å². The Morgan fingerprint density at radius 3 is 2.41 bits per heavy atom. The van der Waals surface area contributed by atoms with Crippen LogP contribution in [-0.4, -0.2) is 25.0 Å². The molecule has 0 fully saturated rings. The number of hydrogen-bond acceptors (Lipinski definition) is 5. The van der Waals surface area contributed by atoms with Crippen LogP contribution < -0.4 is 20.1 Å². The lowest BCUT2D eigenvalue weighted by molar-refractivity contribution is -0.124. The van der Waals surface area contributed by atoms with Crippen LogP contribution in [0.25, 0.3) is 0 Å². The maximum atomic E-state index is 12.8. The second-order valence-corrected chi connectivity index (χ2v) is 8.60. The molecular weight excluding hydrogens is 424 g/mol. The Morgan fingerprint density at radius 2 is 1.75 bits per heavy atom. The van der Waals surface area contributed by atoms with E-state index in [-0.39, 0.29) is 17.7 Å². The Bertz CT molecular complexity index is 1020. The summed E-state index contributed by atoms with van der Waals surface area (Å²) in [5.74, 6) is 0.708. The lowest BCUT2D eigenvalue weighted by atomic mass is 10.0. The van der Waals surface area contributed by atoms with E-state index in [1.54, 1.807) is 13.2 Å². The first kappa shape index (κ1) is 23.3. The number of thiophene rings is 1. The molecule has 1 heterocycles. The predicted molar refractivity (Wildman–Crippen MR) is 126 cm³/mol. The molecule has 0 radical (unpaired) electrons. The maximum absolute atomic E-state index is 12.8. The summed E-state index contributed by atoms with van der Waals surface area (Å²) in [6, 6.07) is 18.4. The number of hydrogen-bond donors (Lipinski definition) is 2. The molecule has 7 heteroatoms. The molecule has 2 amide bonds. The SMILES string of the molecule is COc1cc(CNC(=O)C(NC(=O)c2cccs2)C(C)C)ccc1OCc1ccccc1. The van der Waals surface area contributed by atoms with Crippen LogP contribution in [0, 0.1) is 5.92 Å². The lowest BCUT2D eigenvalue weighted by Gasteiger charge is -2.21. The Balaban J connectivity index is 1.59. The van der Waals surface area contributed by atoms with Crippen LogP contribution in [0.15, 0.2) is 66.0 Å². The molecule has 0 saturated carbocycles. The zero-order valence-corrected chi connectivity index (χ0v) is 19.3. The van der Waals surface area contributed by atoms with Crippen LogP contribution in [0.4, 0.5) is 0 Å². The van der Waals surface area contributed by atoms with Gasteiger partial charge in [-0.15, -0.1) is 11.3 Å². The number of rotatable bonds is 10. The molecule has 3 rings (SSSR count). The van der Waals surface area contributed by atoms with Gasteiger partial charge in [-0.1, -0.05) is 56.3 Å². The van der Waals surface area contributed by atoms with Crippen LogP contribution in [-0.2, 0) is 17.9 Å². The van der Waals surface area contributed by atoms with E-state index in [4.69, 9.17) is 9.47 Å². The van der Waals surface area contributed by atoms with Crippen LogP contribution >= 0.6 is 11.3 Å². The highest BCUT2D eigenvalue weighted by Gasteiger charge is 2.24. The summed E-state index contributed by atoms with van der Waals surface area (Å²) < 4.78 is 11.4. The molecule has 1 unspecified atom stereocenters. The van der Waals surface area contributed by atoms with E-state index in [1.165, 1.54) is 11.3 Å². The fourth-order valence-corrected chi connectivity index (χ4v) is 3.76. The molecule has 0 aliphatic rings. The summed E-state index contributed by atoms with van der Waals surface area (Å²) in [4.78, 5) is 25.7. The highest BCUT2D eigenvalue weighted by molar-refractivity contribution is 7.12. The molecule has 0 aliphatic carbocycles. The van der Waals surface area contributed by atoms with Crippen molar-refractivity contribution in [1.82, 2.24) is 10.6 Å². The maximum Gasteiger partial charge on any atom is 0.262 e. The zero-order chi connectivity index (χ0) is 22.9. The minimum atomic E-state index is -0.625. The monoisotopic (exact) mass is 452 g/mol. The molecule has 0 saturated heterocycles. The average molecular weight is 453 g/mol. The first-order valence-electron chi connectivity index (χ1n) is 10.4. The van der Waals surface area contributed by atoms with E-state index >= 15 is 0 Å². The van der Waals surface area contributed by atoms with Crippen LogP contribution in [0.5, 0.6) is 11.5 Å². The number of amides is 2. The summed E-state index contributed by atoms with van der Waals surface area (Å²) >= 11 is 1.35. The first-order valence-corrected chi connectivity index (χ1v) is 11.3. The number of ether oxygens (including phenoxy) is 2. The molecular formula is C25H28N2O4S. The average Bonchev–Trinajstić information content (AvgIpc) is 3.35. The van der Waals surface area contributed by atoms with Gasteiger partial charge in [0.2, 0.25) is 5.91 Å². The van der Waals surface area contributed by atoms with Crippen molar-refractivity contribution < 1.29 is 19.1 Å². The van der Waals surface area contributed by atoms with Gasteiger partial charge in [-0.3, -0.25) is 9.59 Å². The molecule has 2 aromatic carbocycles. The topological polar surface area (TPSA) is 76.7 Å². The van der Waals surface area contributed by atoms with Crippen molar-refractivity contribution >= 4 is 23.2 Å². The van der Waals surface area contributed by atoms with Gasteiger partial charge in [-0.2, -0.15) is 0 Å². The van der Waals surface area contributed by atoms with Crippen molar-refractivity contribution in [3.63, 3.8) is 0 Å². The Hall–Kier alpha value is -3.32. The molecule has 1 atom stereocenters. The van der Waals surface area contributed by atoms with Crippen molar-refractivity contribution in [2.45, 2.75) is 33.0 Å². The van der Waals surface area contributed by atoms with Gasteiger partial charge in [0.05, 0.1) is 12.0 Å². The van der Waals surface area contributed by atoms with Crippen molar-refractivity contribution in [2.75, 3.05) is 7.11 Å². The third-order valence-corrected chi connectivity index (χ3v) is 5.78. The highest BCUT2D eigenvalue weighted by atomic mass is 32.1. The normalized spacial score (nSPS) is 11.6. The molecule has 6 nitrogen and oxygen atoms in total. The summed E-state index contributed by atoms with van der Waals surface area (Å²) in [5.41, 5.74) is 1.93. The summed E-state index contributed by atoms with van der Waals surface area (Å²) in [6.07, 6.45) is 0. The third kappa shape index (κ3) is 6.34. The van der Waals surface area contributed by atoms with Crippen molar-refractivity contribution in [1.29, 1.82) is 0 Å². The van der Waals surface area contributed by atoms with Gasteiger partial charge in [-0.05, 0) is 40.6 Å². The van der Waals surface area contributed by atoms with Gasteiger partial charge in [0, 0.05) is 6.54 Å². The highest BCUT2D eigenvalue weighted by Crippen LogP contribution is 2.29. The summed E-state index contributed by atoms with van der Waals surface area (Å²) in [6.45, 7) is 4.56. The number of methoxy groups -OCH3 is 1. The number of carbonyl (C=O) groups excluding carboxylic acids is 2. The Labute approximate surface area is 192 Å². The summed E-state index contributed by atoms with van der Waals surface area (Å²) in [5, 5.41) is 7.58. The molecule has 0 spiro atoms. The first-order chi connectivity index (χ1) is 15.5. The van der Waals surface area contributed by atoms with Crippen LogP contribution in [0.1, 0.15) is 34.6 Å². The zero-order valence-electron chi connectivity index (χ0n) is 18.5. The fraction of sp³-hybridized carbons (Fsp3) is 0.280. The minimum absolute atomic E-state index is 0.0535. The van der Waals surface area contributed by atoms with Gasteiger partial charge < -0.3 is 20.1 Å². The molecule has 3 aromatic rings. The van der Waals surface area contributed by atoms with Crippen LogP contribution in [0.2, 0.25) is 0 Å². The summed E-state index contributed by atoms with van der Waals surface area (Å²) in [7, 11) is 1.59. The van der Waals surface area contributed by atoms with E-state index in [0.717, 1.165) is 11.1 Å². The molecule has 32 heavy (non-hydrogen) atoms. The van der Waals surface area contributed by atoms with E-state index in [0.29, 0.717) is 29.5 Å². The van der Waals surface area contributed by atoms with E-state index in [9.17, 15) is 9.59 Å². The number of carbonyl (C=O) groups is 2. The van der Waals surface area contributed by atoms with Gasteiger partial charge in [0.25, 0.3) is 5.91 Å². The standard InChI is InChI=1S/C25H28N2O4S/c1-17(2)23(27-24(28)22-10-7-13-32-22)25(29)26-15-19-11-12-20(21(14-19)30-3)31-16-18-8-5-4-6-9-18/h4-14,17,23H,15-16H2,1-3H3,(H,26,29)(H,27,28). The molecule has 0 aliphatic heterocycles. The quantitative estimate of drug-likeness (QED) is 0.478. The predicted octanol–water partition coefficient (Wildman–Crippen LogP) is 4.41. The van der Waals surface area contributed by atoms with E-state index in [1.807, 2.05) is 73.8 Å². The van der Waals surface area contributed by atoms with Crippen LogP contribution in [0.3, 0.4) is 0 Å². The van der Waals surface area contributed by atoms with Crippen molar-refractivity contribution in [2.24, 2.45) is 5.92 Å². The number of nitrogens with one attached hydrogen (secondary N) is 2. The Morgan fingerprint density at radius 1 is 0.969 bits per heavy atom. The van der Waals surface area contributed by atoms with Gasteiger partial charge in [0.15, 0.2) is 11.5 Å². The Kier molecular flexibility index (Phi) is 8.27. The van der Waals surface area contributed by atoms with Crippen molar-refractivity contribution in [3.8, 4) is 11.5 Å². The fourth-order valence-electron chi connectivity index (χ4n) is 3.13. The van der Waals surface area contributed by atoms with E-state index in [2.05, 4.69) is 10.6 Å². The smallest absolute Gasteiger partial charge is 0.262 e. The second-order valence-electron chi connectivity index (χ2n) is 7.65. The van der Waals surface area contributed by atoms with Crippen molar-refractivity contribution in [3.05, 3.63) is 82.0 Å². The van der Waals surface area contributed by atoms with Gasteiger partial charge in [0.1, 0.15) is 12.6 Å². The minimum Gasteiger partial charge on any atom is -0.493 e. The van der Waals surface area contributed by atoms with Gasteiger partial charge in [-0.25, -0.2) is 0 Å². The largest absolute Gasteiger partial charge is 0.493 e. The lowest BCUT2D eigenvalue weighted by Crippen LogP contribution is -2.49. The van der Waals surface area contributed by atoms with Gasteiger partial charge >= 0.3 is 0 Å². The second kappa shape index (κ2) is 11.3. The molecule has 168 valence electrons. The molecule has 2 N–H and O–H groups in total. The third-order valence-electron chi connectivity index (χ3n) is 4.91.